The van der Waals surface area contributed by atoms with Crippen LogP contribution < -0.4 is 10.0 Å². The molecule has 0 amide bonds. The van der Waals surface area contributed by atoms with E-state index in [1.54, 1.807) is 5.38 Å². The summed E-state index contributed by atoms with van der Waals surface area (Å²) in [7, 11) is -4.04. The highest BCUT2D eigenvalue weighted by Crippen LogP contribution is 2.34. The minimum atomic E-state index is -4.04. The molecule has 3 heterocycles. The second-order valence-corrected chi connectivity index (χ2v) is 10.3. The molecule has 2 aliphatic heterocycles. The number of rotatable bonds is 6. The Morgan fingerprint density at radius 1 is 1.33 bits per heavy atom. The van der Waals surface area contributed by atoms with Crippen LogP contribution in [0, 0.1) is 11.7 Å². The molecule has 2 N–H and O–H groups in total. The van der Waals surface area contributed by atoms with Gasteiger partial charge in [-0.05, 0) is 66.3 Å². The number of hydrogen-bond donors (Lipinski definition) is 2. The summed E-state index contributed by atoms with van der Waals surface area (Å²) in [5.74, 6) is -0.254. The standard InChI is InChI=1S/C17H20BrFN4O2S2/c18-12-8-16(27(24,25)22-17-20-4-7-26-17)13(19)9-14(12)21-10-11-3-6-23-5-1-2-15(11)23/h4,7-9,11,15,21H,1-3,5-6,10H2,(H,20,22)/t11-,15?/m0/s1. The van der Waals surface area contributed by atoms with Crippen molar-refractivity contribution in [2.75, 3.05) is 29.7 Å². The first-order valence-corrected chi connectivity index (χ1v) is 12.0. The Labute approximate surface area is 170 Å². The molecule has 0 radical (unpaired) electrons. The summed E-state index contributed by atoms with van der Waals surface area (Å²) in [6.45, 7) is 3.06. The molecule has 0 aliphatic carbocycles. The molecule has 2 aromatic rings. The van der Waals surface area contributed by atoms with E-state index >= 15 is 0 Å². The Balaban J connectivity index is 1.48. The monoisotopic (exact) mass is 474 g/mol. The maximum absolute atomic E-state index is 14.6. The van der Waals surface area contributed by atoms with Crippen molar-refractivity contribution in [2.45, 2.75) is 30.2 Å². The zero-order valence-electron chi connectivity index (χ0n) is 14.5. The quantitative estimate of drug-likeness (QED) is 0.666. The van der Waals surface area contributed by atoms with Crippen LogP contribution in [-0.4, -0.2) is 44.0 Å². The third kappa shape index (κ3) is 3.98. The molecule has 27 heavy (non-hydrogen) atoms. The van der Waals surface area contributed by atoms with Crippen LogP contribution in [0.3, 0.4) is 0 Å². The van der Waals surface area contributed by atoms with Gasteiger partial charge in [0.05, 0.1) is 5.69 Å². The van der Waals surface area contributed by atoms with Gasteiger partial charge in [0.15, 0.2) is 5.13 Å². The average Bonchev–Trinajstić information content (AvgIpc) is 3.33. The minimum absolute atomic E-state index is 0.204. The van der Waals surface area contributed by atoms with E-state index in [2.05, 4.69) is 35.9 Å². The number of fused-ring (bicyclic) bond motifs is 1. The summed E-state index contributed by atoms with van der Waals surface area (Å²) in [5.41, 5.74) is 0.567. The first-order valence-electron chi connectivity index (χ1n) is 8.83. The molecule has 2 saturated heterocycles. The Morgan fingerprint density at radius 2 is 2.19 bits per heavy atom. The van der Waals surface area contributed by atoms with E-state index < -0.39 is 20.7 Å². The topological polar surface area (TPSA) is 74.3 Å². The van der Waals surface area contributed by atoms with Gasteiger partial charge in [-0.25, -0.2) is 17.8 Å². The van der Waals surface area contributed by atoms with Crippen LogP contribution in [0.2, 0.25) is 0 Å². The van der Waals surface area contributed by atoms with Crippen molar-refractivity contribution < 1.29 is 12.8 Å². The SMILES string of the molecule is O=S(=O)(Nc1nccs1)c1cc(Br)c(NC[C@@H]2CCN3CCCC23)cc1F. The number of thiazole rings is 1. The normalized spacial score (nSPS) is 22.7. The van der Waals surface area contributed by atoms with Crippen molar-refractivity contribution in [3.05, 3.63) is 34.0 Å². The van der Waals surface area contributed by atoms with Gasteiger partial charge in [0.25, 0.3) is 10.0 Å². The molecule has 6 nitrogen and oxygen atoms in total. The zero-order valence-corrected chi connectivity index (χ0v) is 17.7. The number of hydrogen-bond acceptors (Lipinski definition) is 6. The fourth-order valence-electron chi connectivity index (χ4n) is 3.98. The number of anilines is 2. The molecular formula is C17H20BrFN4O2S2. The van der Waals surface area contributed by atoms with E-state index in [4.69, 9.17) is 0 Å². The Hall–Kier alpha value is -1.23. The third-order valence-electron chi connectivity index (χ3n) is 5.27. The average molecular weight is 475 g/mol. The number of benzene rings is 1. The van der Waals surface area contributed by atoms with Crippen LogP contribution in [0.25, 0.3) is 0 Å². The molecule has 1 aromatic heterocycles. The van der Waals surface area contributed by atoms with Crippen molar-refractivity contribution in [1.29, 1.82) is 0 Å². The highest BCUT2D eigenvalue weighted by molar-refractivity contribution is 9.10. The molecule has 0 saturated carbocycles. The maximum atomic E-state index is 14.6. The fraction of sp³-hybridized carbons (Fsp3) is 0.471. The van der Waals surface area contributed by atoms with Crippen molar-refractivity contribution in [3.63, 3.8) is 0 Å². The highest BCUT2D eigenvalue weighted by Gasteiger charge is 2.36. The van der Waals surface area contributed by atoms with Crippen LogP contribution in [-0.2, 0) is 10.0 Å². The molecule has 10 heteroatoms. The van der Waals surface area contributed by atoms with Crippen LogP contribution in [0.5, 0.6) is 0 Å². The van der Waals surface area contributed by atoms with Crippen LogP contribution in [0.4, 0.5) is 15.2 Å². The van der Waals surface area contributed by atoms with Crippen molar-refractivity contribution >= 4 is 48.1 Å². The second kappa shape index (κ2) is 7.65. The summed E-state index contributed by atoms with van der Waals surface area (Å²) in [6.07, 6.45) is 5.10. The summed E-state index contributed by atoms with van der Waals surface area (Å²) in [5, 5.41) is 5.14. The Kier molecular flexibility index (Phi) is 5.41. The smallest absolute Gasteiger partial charge is 0.266 e. The van der Waals surface area contributed by atoms with Crippen LogP contribution in [0.1, 0.15) is 19.3 Å². The molecule has 0 spiro atoms. The molecular weight excluding hydrogens is 455 g/mol. The molecule has 2 fully saturated rings. The third-order valence-corrected chi connectivity index (χ3v) is 8.09. The number of sulfonamides is 1. The molecule has 1 unspecified atom stereocenters. The first kappa shape index (κ1) is 19.1. The van der Waals surface area contributed by atoms with E-state index in [1.165, 1.54) is 37.7 Å². The first-order chi connectivity index (χ1) is 12.9. The number of nitrogens with zero attached hydrogens (tertiary/aromatic N) is 2. The lowest BCUT2D eigenvalue weighted by Crippen LogP contribution is -2.29. The number of halogens is 2. The van der Waals surface area contributed by atoms with E-state index in [1.807, 2.05) is 0 Å². The summed E-state index contributed by atoms with van der Waals surface area (Å²) in [4.78, 5) is 6.00. The lowest BCUT2D eigenvalue weighted by atomic mass is 9.98. The van der Waals surface area contributed by atoms with Crippen LogP contribution >= 0.6 is 27.3 Å². The second-order valence-electron chi connectivity index (χ2n) is 6.88. The van der Waals surface area contributed by atoms with Gasteiger partial charge in [0.1, 0.15) is 10.7 Å². The Bertz CT molecular complexity index is 923. The molecule has 2 atom stereocenters. The van der Waals surface area contributed by atoms with Gasteiger partial charge in [-0.2, -0.15) is 0 Å². The van der Waals surface area contributed by atoms with Gasteiger partial charge in [0.2, 0.25) is 0 Å². The molecule has 1 aromatic carbocycles. The van der Waals surface area contributed by atoms with E-state index in [0.29, 0.717) is 22.1 Å². The summed E-state index contributed by atoms with van der Waals surface area (Å²) < 4.78 is 42.3. The number of aromatic nitrogens is 1. The predicted molar refractivity (Wildman–Crippen MR) is 108 cm³/mol. The van der Waals surface area contributed by atoms with Crippen molar-refractivity contribution in [1.82, 2.24) is 9.88 Å². The summed E-state index contributed by atoms with van der Waals surface area (Å²) >= 11 is 4.51. The van der Waals surface area contributed by atoms with Crippen molar-refractivity contribution in [3.8, 4) is 0 Å². The largest absolute Gasteiger partial charge is 0.384 e. The zero-order chi connectivity index (χ0) is 19.0. The fourth-order valence-corrected chi connectivity index (χ4v) is 6.49. The Morgan fingerprint density at radius 3 is 2.96 bits per heavy atom. The lowest BCUT2D eigenvalue weighted by molar-refractivity contribution is 0.295. The molecule has 4 rings (SSSR count). The van der Waals surface area contributed by atoms with E-state index in [0.717, 1.165) is 30.8 Å². The maximum Gasteiger partial charge on any atom is 0.266 e. The summed E-state index contributed by atoms with van der Waals surface area (Å²) in [6, 6.07) is 3.15. The van der Waals surface area contributed by atoms with Gasteiger partial charge in [0, 0.05) is 28.6 Å². The number of nitrogens with one attached hydrogen (secondary N) is 2. The van der Waals surface area contributed by atoms with E-state index in [-0.39, 0.29) is 5.13 Å². The van der Waals surface area contributed by atoms with Crippen LogP contribution in [0.15, 0.2) is 33.1 Å². The lowest BCUT2D eigenvalue weighted by Gasteiger charge is -2.21. The molecule has 0 bridgehead atoms. The molecule has 2 aliphatic rings. The highest BCUT2D eigenvalue weighted by atomic mass is 79.9. The van der Waals surface area contributed by atoms with Gasteiger partial charge >= 0.3 is 0 Å². The van der Waals surface area contributed by atoms with Gasteiger partial charge in [-0.3, -0.25) is 4.72 Å². The van der Waals surface area contributed by atoms with Gasteiger partial charge in [-0.1, -0.05) is 0 Å². The van der Waals surface area contributed by atoms with Gasteiger partial charge in [-0.15, -0.1) is 11.3 Å². The van der Waals surface area contributed by atoms with E-state index in [9.17, 15) is 12.8 Å². The van der Waals surface area contributed by atoms with Gasteiger partial charge < -0.3 is 10.2 Å². The minimum Gasteiger partial charge on any atom is -0.384 e. The van der Waals surface area contributed by atoms with Crippen molar-refractivity contribution in [2.24, 2.45) is 5.92 Å². The predicted octanol–water partition coefficient (Wildman–Crippen LogP) is 3.74. The molecule has 146 valence electrons.